The molecule has 2 aromatic rings. The molecule has 1 fully saturated rings. The highest BCUT2D eigenvalue weighted by Gasteiger charge is 2.31. The molecule has 23 heavy (non-hydrogen) atoms. The van der Waals surface area contributed by atoms with Crippen LogP contribution in [0.3, 0.4) is 0 Å². The van der Waals surface area contributed by atoms with Crippen molar-refractivity contribution < 1.29 is 14.0 Å². The predicted molar refractivity (Wildman–Crippen MR) is 85.2 cm³/mol. The Labute approximate surface area is 141 Å². The van der Waals surface area contributed by atoms with Crippen LogP contribution in [0.4, 0.5) is 4.79 Å². The van der Waals surface area contributed by atoms with E-state index in [4.69, 9.17) is 16.0 Å². The van der Waals surface area contributed by atoms with Crippen LogP contribution in [0.25, 0.3) is 11.5 Å². The van der Waals surface area contributed by atoms with E-state index in [-0.39, 0.29) is 17.2 Å². The third-order valence-corrected chi connectivity index (χ3v) is 4.38. The van der Waals surface area contributed by atoms with E-state index in [9.17, 15) is 9.59 Å². The van der Waals surface area contributed by atoms with Crippen LogP contribution in [0.5, 0.6) is 0 Å². The minimum atomic E-state index is -0.508. The van der Waals surface area contributed by atoms with Crippen molar-refractivity contribution in [1.82, 2.24) is 20.4 Å². The first-order valence-electron chi connectivity index (χ1n) is 6.90. The zero-order valence-electron chi connectivity index (χ0n) is 12.2. The van der Waals surface area contributed by atoms with Crippen molar-refractivity contribution in [3.8, 4) is 11.5 Å². The Kier molecular flexibility index (Phi) is 4.53. The number of carbonyl (C=O) groups is 2. The van der Waals surface area contributed by atoms with Gasteiger partial charge in [0.25, 0.3) is 5.22 Å². The number of halogens is 1. The Balaban J connectivity index is 1.69. The van der Waals surface area contributed by atoms with Gasteiger partial charge in [-0.25, -0.2) is 4.79 Å². The van der Waals surface area contributed by atoms with Crippen LogP contribution < -0.4 is 5.32 Å². The zero-order valence-corrected chi connectivity index (χ0v) is 13.7. The molecule has 1 aromatic heterocycles. The van der Waals surface area contributed by atoms with Gasteiger partial charge < -0.3 is 9.73 Å². The van der Waals surface area contributed by atoms with Crippen molar-refractivity contribution in [2.45, 2.75) is 17.4 Å². The average molecular weight is 353 g/mol. The van der Waals surface area contributed by atoms with Crippen LogP contribution in [0.15, 0.2) is 33.9 Å². The summed E-state index contributed by atoms with van der Waals surface area (Å²) in [5.41, 5.74) is 0.703. The van der Waals surface area contributed by atoms with E-state index < -0.39 is 5.25 Å². The molecule has 3 rings (SSSR count). The molecule has 1 aromatic carbocycles. The van der Waals surface area contributed by atoms with Crippen LogP contribution >= 0.6 is 23.4 Å². The van der Waals surface area contributed by atoms with E-state index in [1.807, 2.05) is 0 Å². The van der Waals surface area contributed by atoms with Crippen LogP contribution in [-0.4, -0.2) is 45.4 Å². The lowest BCUT2D eigenvalue weighted by atomic mass is 10.2. The number of aromatic nitrogens is 2. The lowest BCUT2D eigenvalue weighted by Crippen LogP contribution is -2.38. The first-order chi connectivity index (χ1) is 11.0. The van der Waals surface area contributed by atoms with Gasteiger partial charge in [0.1, 0.15) is 0 Å². The summed E-state index contributed by atoms with van der Waals surface area (Å²) in [7, 11) is 0. The summed E-state index contributed by atoms with van der Waals surface area (Å²) in [6.45, 7) is 2.55. The summed E-state index contributed by atoms with van der Waals surface area (Å²) < 4.78 is 5.55. The van der Waals surface area contributed by atoms with Crippen molar-refractivity contribution in [2.24, 2.45) is 0 Å². The Morgan fingerprint density at radius 1 is 1.48 bits per heavy atom. The van der Waals surface area contributed by atoms with Crippen LogP contribution in [0, 0.1) is 0 Å². The Morgan fingerprint density at radius 3 is 3.00 bits per heavy atom. The minimum Gasteiger partial charge on any atom is -0.411 e. The lowest BCUT2D eigenvalue weighted by Gasteiger charge is -2.15. The Bertz CT molecular complexity index is 751. The van der Waals surface area contributed by atoms with Crippen molar-refractivity contribution >= 4 is 35.3 Å². The second kappa shape index (κ2) is 6.59. The SMILES string of the molecule is C[C@H](Sc1nnc(-c2cccc(Cl)c2)o1)C(=O)N1CCNC1=O. The number of thioether (sulfide) groups is 1. The minimum absolute atomic E-state index is 0.264. The molecule has 0 aliphatic carbocycles. The third kappa shape index (κ3) is 3.48. The van der Waals surface area contributed by atoms with Gasteiger partial charge in [0, 0.05) is 23.7 Å². The molecular formula is C14H13ClN4O3S. The molecule has 7 nitrogen and oxygen atoms in total. The maximum atomic E-state index is 12.2. The molecule has 1 saturated heterocycles. The van der Waals surface area contributed by atoms with E-state index in [0.717, 1.165) is 11.8 Å². The molecule has 1 aliphatic rings. The molecule has 9 heteroatoms. The fraction of sp³-hybridized carbons (Fsp3) is 0.286. The van der Waals surface area contributed by atoms with Crippen molar-refractivity contribution in [3.63, 3.8) is 0 Å². The summed E-state index contributed by atoms with van der Waals surface area (Å²) in [5.74, 6) is 0.0427. The van der Waals surface area contributed by atoms with Gasteiger partial charge in [-0.15, -0.1) is 10.2 Å². The number of hydrogen-bond acceptors (Lipinski definition) is 6. The van der Waals surface area contributed by atoms with Gasteiger partial charge in [0.15, 0.2) is 0 Å². The highest BCUT2D eigenvalue weighted by Crippen LogP contribution is 2.28. The summed E-state index contributed by atoms with van der Waals surface area (Å²) in [5, 5.41) is 10.8. The molecule has 0 saturated carbocycles. The van der Waals surface area contributed by atoms with Gasteiger partial charge in [-0.1, -0.05) is 29.4 Å². The largest absolute Gasteiger partial charge is 0.411 e. The van der Waals surface area contributed by atoms with Gasteiger partial charge >= 0.3 is 6.03 Å². The van der Waals surface area contributed by atoms with Crippen LogP contribution in [0.1, 0.15) is 6.92 Å². The number of amides is 3. The first kappa shape index (κ1) is 15.8. The van der Waals surface area contributed by atoms with E-state index >= 15 is 0 Å². The average Bonchev–Trinajstić information content (AvgIpc) is 3.15. The fourth-order valence-electron chi connectivity index (χ4n) is 2.10. The van der Waals surface area contributed by atoms with Gasteiger partial charge in [-0.2, -0.15) is 0 Å². The van der Waals surface area contributed by atoms with Crippen molar-refractivity contribution in [3.05, 3.63) is 29.3 Å². The second-order valence-electron chi connectivity index (χ2n) is 4.87. The molecule has 1 N–H and O–H groups in total. The molecular weight excluding hydrogens is 340 g/mol. The highest BCUT2D eigenvalue weighted by molar-refractivity contribution is 8.00. The normalized spacial score (nSPS) is 15.6. The van der Waals surface area contributed by atoms with Gasteiger partial charge in [-0.3, -0.25) is 9.69 Å². The number of benzene rings is 1. The number of urea groups is 1. The van der Waals surface area contributed by atoms with Crippen LogP contribution in [-0.2, 0) is 4.79 Å². The highest BCUT2D eigenvalue weighted by atomic mass is 35.5. The molecule has 3 amide bonds. The Hall–Kier alpha value is -2.06. The zero-order chi connectivity index (χ0) is 16.4. The number of nitrogens with zero attached hydrogens (tertiary/aromatic N) is 3. The third-order valence-electron chi connectivity index (χ3n) is 3.23. The maximum absolute atomic E-state index is 12.2. The van der Waals surface area contributed by atoms with Crippen molar-refractivity contribution in [2.75, 3.05) is 13.1 Å². The second-order valence-corrected chi connectivity index (χ2v) is 6.59. The number of hydrogen-bond donors (Lipinski definition) is 1. The molecule has 1 aliphatic heterocycles. The Morgan fingerprint density at radius 2 is 2.30 bits per heavy atom. The molecule has 0 radical (unpaired) electrons. The number of carbonyl (C=O) groups excluding carboxylic acids is 2. The fourth-order valence-corrected chi connectivity index (χ4v) is 3.03. The first-order valence-corrected chi connectivity index (χ1v) is 8.15. The van der Waals surface area contributed by atoms with E-state index in [2.05, 4.69) is 15.5 Å². The summed E-state index contributed by atoms with van der Waals surface area (Å²) >= 11 is 7.05. The molecule has 1 atom stereocenters. The lowest BCUT2D eigenvalue weighted by molar-refractivity contribution is -0.126. The number of imide groups is 1. The van der Waals surface area contributed by atoms with Crippen molar-refractivity contribution in [1.29, 1.82) is 0 Å². The predicted octanol–water partition coefficient (Wildman–Crippen LogP) is 2.42. The molecule has 120 valence electrons. The van der Waals surface area contributed by atoms with E-state index in [1.54, 1.807) is 31.2 Å². The number of nitrogens with one attached hydrogen (secondary N) is 1. The standard InChI is InChI=1S/C14H13ClN4O3S/c1-8(12(20)19-6-5-16-13(19)21)23-14-18-17-11(22-14)9-3-2-4-10(15)7-9/h2-4,7-8H,5-6H2,1H3,(H,16,21)/t8-/m0/s1. The van der Waals surface area contributed by atoms with E-state index in [0.29, 0.717) is 29.6 Å². The van der Waals surface area contributed by atoms with Gasteiger partial charge in [0.2, 0.25) is 11.8 Å². The summed E-state index contributed by atoms with van der Waals surface area (Å²) in [6, 6.07) is 6.68. The number of rotatable bonds is 4. The quantitative estimate of drug-likeness (QED) is 0.850. The summed E-state index contributed by atoms with van der Waals surface area (Å²) in [6.07, 6.45) is 0. The molecule has 2 heterocycles. The van der Waals surface area contributed by atoms with Gasteiger partial charge in [-0.05, 0) is 25.1 Å². The van der Waals surface area contributed by atoms with Crippen LogP contribution in [0.2, 0.25) is 5.02 Å². The monoisotopic (exact) mass is 352 g/mol. The van der Waals surface area contributed by atoms with E-state index in [1.165, 1.54) is 4.90 Å². The molecule has 0 unspecified atom stereocenters. The molecule has 0 spiro atoms. The maximum Gasteiger partial charge on any atom is 0.324 e. The topological polar surface area (TPSA) is 88.3 Å². The summed E-state index contributed by atoms with van der Waals surface area (Å²) in [4.78, 5) is 24.9. The van der Waals surface area contributed by atoms with Gasteiger partial charge in [0.05, 0.1) is 5.25 Å². The molecule has 0 bridgehead atoms. The smallest absolute Gasteiger partial charge is 0.324 e.